The van der Waals surface area contributed by atoms with Crippen LogP contribution < -0.4 is 19.9 Å². The summed E-state index contributed by atoms with van der Waals surface area (Å²) < 4.78 is 29.8. The molecule has 0 heterocycles. The summed E-state index contributed by atoms with van der Waals surface area (Å²) in [5.74, 6) is -0.566. The molecule has 0 spiro atoms. The first-order valence-electron chi connectivity index (χ1n) is 8.73. The molecule has 0 aromatic heterocycles. The first-order chi connectivity index (χ1) is 13.7. The van der Waals surface area contributed by atoms with E-state index in [4.69, 9.17) is 4.74 Å². The van der Waals surface area contributed by atoms with Crippen molar-refractivity contribution in [2.75, 3.05) is 25.1 Å². The third kappa shape index (κ3) is 5.21. The SMILES string of the molecule is CCN(CC)c1ccc(C(=O)NNS(=O)(=O)c2ccc(OC)cc2[N+](=O)[O-])cc1. The number of carbonyl (C=O) groups excluding carboxylic acids is 1. The molecular weight excluding hydrogens is 400 g/mol. The molecule has 0 saturated carbocycles. The molecule has 2 aromatic rings. The van der Waals surface area contributed by atoms with Crippen molar-refractivity contribution in [3.05, 3.63) is 58.1 Å². The van der Waals surface area contributed by atoms with Gasteiger partial charge in [0.2, 0.25) is 0 Å². The fraction of sp³-hybridized carbons (Fsp3) is 0.278. The van der Waals surface area contributed by atoms with Gasteiger partial charge in [0, 0.05) is 24.3 Å². The molecule has 1 amide bonds. The molecule has 11 heteroatoms. The van der Waals surface area contributed by atoms with Crippen molar-refractivity contribution in [3.63, 3.8) is 0 Å². The number of nitrogens with zero attached hydrogens (tertiary/aromatic N) is 2. The van der Waals surface area contributed by atoms with Crippen LogP contribution in [0.15, 0.2) is 47.4 Å². The highest BCUT2D eigenvalue weighted by Gasteiger charge is 2.27. The van der Waals surface area contributed by atoms with Crippen LogP contribution in [0.1, 0.15) is 24.2 Å². The molecule has 29 heavy (non-hydrogen) atoms. The maximum Gasteiger partial charge on any atom is 0.293 e. The Morgan fingerprint density at radius 2 is 1.76 bits per heavy atom. The van der Waals surface area contributed by atoms with Crippen molar-refractivity contribution in [2.45, 2.75) is 18.7 Å². The van der Waals surface area contributed by atoms with E-state index in [2.05, 4.69) is 10.3 Å². The molecule has 0 atom stereocenters. The van der Waals surface area contributed by atoms with Crippen LogP contribution in [0.3, 0.4) is 0 Å². The summed E-state index contributed by atoms with van der Waals surface area (Å²) in [4.78, 5) is 26.0. The summed E-state index contributed by atoms with van der Waals surface area (Å²) in [6, 6.07) is 9.93. The smallest absolute Gasteiger partial charge is 0.293 e. The van der Waals surface area contributed by atoms with Crippen LogP contribution >= 0.6 is 0 Å². The fourth-order valence-electron chi connectivity index (χ4n) is 2.65. The molecule has 0 aliphatic rings. The monoisotopic (exact) mass is 422 g/mol. The van der Waals surface area contributed by atoms with Crippen LogP contribution in [0.2, 0.25) is 0 Å². The number of anilines is 1. The second-order valence-electron chi connectivity index (χ2n) is 5.87. The predicted molar refractivity (Wildman–Crippen MR) is 107 cm³/mol. The van der Waals surface area contributed by atoms with E-state index in [0.29, 0.717) is 0 Å². The third-order valence-corrected chi connectivity index (χ3v) is 5.50. The zero-order chi connectivity index (χ0) is 21.6. The number of nitro benzene ring substituents is 1. The van der Waals surface area contributed by atoms with Crippen LogP contribution in [-0.2, 0) is 10.0 Å². The lowest BCUT2D eigenvalue weighted by Crippen LogP contribution is -2.41. The molecule has 2 rings (SSSR count). The number of sulfonamides is 1. The van der Waals surface area contributed by atoms with E-state index >= 15 is 0 Å². The van der Waals surface area contributed by atoms with Gasteiger partial charge in [-0.15, -0.1) is 4.83 Å². The van der Waals surface area contributed by atoms with Gasteiger partial charge in [0.15, 0.2) is 4.90 Å². The van der Waals surface area contributed by atoms with Crippen molar-refractivity contribution >= 4 is 27.3 Å². The van der Waals surface area contributed by atoms with Crippen LogP contribution in [0, 0.1) is 10.1 Å². The molecule has 0 saturated heterocycles. The summed E-state index contributed by atoms with van der Waals surface area (Å²) in [5.41, 5.74) is 2.55. The minimum Gasteiger partial charge on any atom is -0.497 e. The first kappa shape index (κ1) is 22.1. The van der Waals surface area contributed by atoms with Gasteiger partial charge in [-0.1, -0.05) is 0 Å². The van der Waals surface area contributed by atoms with E-state index < -0.39 is 31.4 Å². The number of nitro groups is 1. The lowest BCUT2D eigenvalue weighted by molar-refractivity contribution is -0.387. The lowest BCUT2D eigenvalue weighted by atomic mass is 10.2. The number of rotatable bonds is 9. The molecule has 2 N–H and O–H groups in total. The molecular formula is C18H22N4O6S. The van der Waals surface area contributed by atoms with Gasteiger partial charge in [-0.05, 0) is 50.2 Å². The molecule has 0 radical (unpaired) electrons. The molecule has 2 aromatic carbocycles. The Balaban J connectivity index is 2.16. The van der Waals surface area contributed by atoms with Gasteiger partial charge >= 0.3 is 0 Å². The van der Waals surface area contributed by atoms with Gasteiger partial charge in [0.1, 0.15) is 5.75 Å². The Labute approximate surface area is 168 Å². The Morgan fingerprint density at radius 3 is 2.28 bits per heavy atom. The van der Waals surface area contributed by atoms with Crippen LogP contribution in [0.5, 0.6) is 5.75 Å². The van der Waals surface area contributed by atoms with Crippen molar-refractivity contribution in [1.29, 1.82) is 0 Å². The normalized spacial score (nSPS) is 11.0. The lowest BCUT2D eigenvalue weighted by Gasteiger charge is -2.21. The van der Waals surface area contributed by atoms with E-state index in [1.54, 1.807) is 24.3 Å². The quantitative estimate of drug-likeness (QED) is 0.467. The first-order valence-corrected chi connectivity index (χ1v) is 10.2. The number of methoxy groups -OCH3 is 1. The number of benzene rings is 2. The second-order valence-corrected chi connectivity index (χ2v) is 7.52. The van der Waals surface area contributed by atoms with E-state index in [9.17, 15) is 23.3 Å². The Hall–Kier alpha value is -3.18. The Bertz CT molecular complexity index is 988. The topological polar surface area (TPSA) is 131 Å². The van der Waals surface area contributed by atoms with E-state index in [0.717, 1.165) is 30.9 Å². The summed E-state index contributed by atoms with van der Waals surface area (Å²) in [5, 5.41) is 11.2. The number of amides is 1. The summed E-state index contributed by atoms with van der Waals surface area (Å²) in [7, 11) is -3.08. The largest absolute Gasteiger partial charge is 0.497 e. The average molecular weight is 422 g/mol. The zero-order valence-electron chi connectivity index (χ0n) is 16.2. The fourth-order valence-corrected chi connectivity index (χ4v) is 3.64. The van der Waals surface area contributed by atoms with E-state index in [1.165, 1.54) is 13.2 Å². The van der Waals surface area contributed by atoms with Gasteiger partial charge in [0.25, 0.3) is 21.6 Å². The molecule has 0 aliphatic heterocycles. The van der Waals surface area contributed by atoms with Crippen LogP contribution in [0.4, 0.5) is 11.4 Å². The van der Waals surface area contributed by atoms with Gasteiger partial charge in [0.05, 0.1) is 18.1 Å². The van der Waals surface area contributed by atoms with Crippen LogP contribution in [0.25, 0.3) is 0 Å². The second kappa shape index (κ2) is 9.34. The number of hydrogen-bond acceptors (Lipinski definition) is 7. The molecule has 0 bridgehead atoms. The average Bonchev–Trinajstić information content (AvgIpc) is 2.73. The molecule has 156 valence electrons. The van der Waals surface area contributed by atoms with Crippen molar-refractivity contribution in [2.24, 2.45) is 0 Å². The summed E-state index contributed by atoms with van der Waals surface area (Å²) in [6.45, 7) is 5.64. The minimum absolute atomic E-state index is 0.132. The zero-order valence-corrected chi connectivity index (χ0v) is 17.0. The van der Waals surface area contributed by atoms with Crippen LogP contribution in [-0.4, -0.2) is 39.4 Å². The third-order valence-electron chi connectivity index (χ3n) is 4.21. The van der Waals surface area contributed by atoms with Crippen molar-refractivity contribution in [3.8, 4) is 5.75 Å². The maximum absolute atomic E-state index is 12.4. The number of ether oxygens (including phenoxy) is 1. The van der Waals surface area contributed by atoms with Crippen molar-refractivity contribution < 1.29 is 22.9 Å². The summed E-state index contributed by atoms with van der Waals surface area (Å²) >= 11 is 0. The van der Waals surface area contributed by atoms with Crippen molar-refractivity contribution in [1.82, 2.24) is 10.3 Å². The minimum atomic E-state index is -4.38. The number of hydrazine groups is 1. The maximum atomic E-state index is 12.4. The van der Waals surface area contributed by atoms with Gasteiger partial charge in [-0.2, -0.15) is 0 Å². The van der Waals surface area contributed by atoms with E-state index in [-0.39, 0.29) is 11.3 Å². The number of nitrogens with one attached hydrogen (secondary N) is 2. The van der Waals surface area contributed by atoms with E-state index in [1.807, 2.05) is 18.7 Å². The van der Waals surface area contributed by atoms with Gasteiger partial charge in [-0.3, -0.25) is 20.3 Å². The summed E-state index contributed by atoms with van der Waals surface area (Å²) in [6.07, 6.45) is 0. The highest BCUT2D eigenvalue weighted by Crippen LogP contribution is 2.28. The predicted octanol–water partition coefficient (Wildman–Crippen LogP) is 2.07. The number of hydrogen-bond donors (Lipinski definition) is 2. The molecule has 0 unspecified atom stereocenters. The molecule has 10 nitrogen and oxygen atoms in total. The Morgan fingerprint density at radius 1 is 1.14 bits per heavy atom. The standard InChI is InChI=1S/C18H22N4O6S/c1-4-21(5-2)14-8-6-13(7-9-14)18(23)19-20-29(26,27)17-11-10-15(28-3)12-16(17)22(24)25/h6-12,20H,4-5H2,1-3H3,(H,19,23). The highest BCUT2D eigenvalue weighted by molar-refractivity contribution is 7.89. The van der Waals surface area contributed by atoms with Gasteiger partial charge < -0.3 is 9.64 Å². The molecule has 0 aliphatic carbocycles. The number of carbonyl (C=O) groups is 1. The Kier molecular flexibility index (Phi) is 7.13. The highest BCUT2D eigenvalue weighted by atomic mass is 32.2. The van der Waals surface area contributed by atoms with Gasteiger partial charge in [-0.25, -0.2) is 8.42 Å². The molecule has 0 fully saturated rings.